The van der Waals surface area contributed by atoms with Gasteiger partial charge in [0.2, 0.25) is 5.92 Å². The minimum atomic E-state index is -2.98. The van der Waals surface area contributed by atoms with E-state index in [0.29, 0.717) is 47.1 Å². The quantitative estimate of drug-likeness (QED) is 0.401. The minimum absolute atomic E-state index is 0.0172. The smallest absolute Gasteiger partial charge is 0.318 e. The molecule has 3 aliphatic rings. The van der Waals surface area contributed by atoms with Crippen LogP contribution in [0, 0.1) is 6.92 Å². The zero-order valence-electron chi connectivity index (χ0n) is 23.5. The van der Waals surface area contributed by atoms with Crippen molar-refractivity contribution >= 4 is 17.6 Å². The van der Waals surface area contributed by atoms with Crippen molar-refractivity contribution in [3.05, 3.63) is 47.2 Å². The molecule has 0 unspecified atom stereocenters. The number of hydrogen-bond acceptors (Lipinski definition) is 7. The van der Waals surface area contributed by atoms with Crippen molar-refractivity contribution < 1.29 is 36.4 Å². The van der Waals surface area contributed by atoms with Crippen molar-refractivity contribution in [2.24, 2.45) is 0 Å². The molecule has 2 N–H and O–H groups in total. The van der Waals surface area contributed by atoms with E-state index in [-0.39, 0.29) is 31.8 Å². The molecule has 11 nitrogen and oxygen atoms in total. The lowest BCUT2D eigenvalue weighted by Gasteiger charge is -2.32. The summed E-state index contributed by atoms with van der Waals surface area (Å²) in [4.78, 5) is 29.3. The zero-order chi connectivity index (χ0) is 30.3. The first-order valence-electron chi connectivity index (χ1n) is 13.8. The molecular weight excluding hydrogens is 562 g/mol. The number of nitrogens with one attached hydrogen (secondary N) is 2. The summed E-state index contributed by atoms with van der Waals surface area (Å²) < 4.78 is 62.6. The lowest BCUT2D eigenvalue weighted by Crippen LogP contribution is -2.56. The number of urea groups is 1. The summed E-state index contributed by atoms with van der Waals surface area (Å²) in [7, 11) is 1.76. The van der Waals surface area contributed by atoms with E-state index >= 15 is 0 Å². The Morgan fingerprint density at radius 2 is 1.93 bits per heavy atom. The second-order valence-electron chi connectivity index (χ2n) is 10.6. The number of aromatic nitrogens is 4. The van der Waals surface area contributed by atoms with Gasteiger partial charge in [-0.05, 0) is 44.2 Å². The number of ether oxygens (including phenoxy) is 1. The van der Waals surface area contributed by atoms with Gasteiger partial charge in [-0.25, -0.2) is 31.9 Å². The van der Waals surface area contributed by atoms with Gasteiger partial charge >= 0.3 is 6.03 Å². The summed E-state index contributed by atoms with van der Waals surface area (Å²) in [6.45, 7) is 0.480. The Kier molecular flexibility index (Phi) is 10.0. The molecule has 6 rings (SSSR count). The number of halogens is 4. The van der Waals surface area contributed by atoms with Crippen LogP contribution in [0.1, 0.15) is 72.3 Å². The summed E-state index contributed by atoms with van der Waals surface area (Å²) in [6, 6.07) is 1.11. The summed E-state index contributed by atoms with van der Waals surface area (Å²) in [6.07, 6.45) is 10.3. The van der Waals surface area contributed by atoms with Crippen molar-refractivity contribution in [3.8, 4) is 0 Å². The Labute approximate surface area is 240 Å². The van der Waals surface area contributed by atoms with Crippen LogP contribution in [0.2, 0.25) is 0 Å². The Morgan fingerprint density at radius 1 is 1.19 bits per heavy atom. The Balaban J connectivity index is 0.000000255. The predicted molar refractivity (Wildman–Crippen MR) is 142 cm³/mol. The van der Waals surface area contributed by atoms with E-state index in [1.54, 1.807) is 26.3 Å². The summed E-state index contributed by atoms with van der Waals surface area (Å²) in [5.74, 6) is -5.64. The lowest BCUT2D eigenvalue weighted by atomic mass is 9.97. The Hall–Kier alpha value is -3.75. The van der Waals surface area contributed by atoms with Gasteiger partial charge in [-0.1, -0.05) is 11.6 Å². The molecule has 42 heavy (non-hydrogen) atoms. The van der Waals surface area contributed by atoms with Crippen LogP contribution in [0.3, 0.4) is 0 Å². The average molecular weight is 598 g/mol. The number of hydrogen-bond donors (Lipinski definition) is 2. The lowest BCUT2D eigenvalue weighted by molar-refractivity contribution is -0.0368. The summed E-state index contributed by atoms with van der Waals surface area (Å²) >= 11 is 0. The summed E-state index contributed by atoms with van der Waals surface area (Å²) in [5.41, 5.74) is 2.41. The third kappa shape index (κ3) is 9.13. The molecule has 0 atom stereocenters. The van der Waals surface area contributed by atoms with Crippen LogP contribution < -0.4 is 10.6 Å². The van der Waals surface area contributed by atoms with Crippen molar-refractivity contribution in [2.45, 2.75) is 82.9 Å². The number of nitrogens with zero attached hydrogens (tertiary/aromatic N) is 5. The van der Waals surface area contributed by atoms with E-state index in [0.717, 1.165) is 11.3 Å². The Bertz CT molecular complexity index is 1350. The standard InChI is InChI=1S/C17H17F2N7O3.C6H10F2.C4H8O/c1-10-13(7-29-24-10)15(27)20-4-12-6-26-14(23-12)2-11(3-22-26)5-25-9-17(18,19)8-21-16(25)28;7-6(8)4-2-1-3-5-6;1-5-4-2-3-4/h2-3,6-7H,4-5,8-9H2,1H3,(H,20,27)(H,21,28);1-5H2;4H,2-3H2,1H3. The highest BCUT2D eigenvalue weighted by atomic mass is 19.3. The second kappa shape index (κ2) is 13.5. The summed E-state index contributed by atoms with van der Waals surface area (Å²) in [5, 5.41) is 12.7. The number of methoxy groups -OCH3 is 1. The molecule has 3 aromatic heterocycles. The molecule has 3 aromatic rings. The molecule has 0 bridgehead atoms. The largest absolute Gasteiger partial charge is 0.381 e. The minimum Gasteiger partial charge on any atom is -0.381 e. The number of amides is 3. The number of carbonyl (C=O) groups excluding carboxylic acids is 2. The maximum Gasteiger partial charge on any atom is 0.318 e. The topological polar surface area (TPSA) is 127 Å². The van der Waals surface area contributed by atoms with Crippen LogP contribution in [0.15, 0.2) is 29.2 Å². The van der Waals surface area contributed by atoms with Gasteiger partial charge in [0.05, 0.1) is 49.5 Å². The molecule has 3 fully saturated rings. The van der Waals surface area contributed by atoms with Crippen LogP contribution in [0.25, 0.3) is 5.65 Å². The molecule has 0 aromatic carbocycles. The number of aryl methyl sites for hydroxylation is 1. The highest BCUT2D eigenvalue weighted by Crippen LogP contribution is 2.32. The molecule has 3 amide bonds. The van der Waals surface area contributed by atoms with Gasteiger partial charge in [-0.3, -0.25) is 4.79 Å². The molecule has 230 valence electrons. The van der Waals surface area contributed by atoms with E-state index in [2.05, 4.69) is 25.9 Å². The molecule has 0 radical (unpaired) electrons. The van der Waals surface area contributed by atoms with E-state index in [1.807, 2.05) is 0 Å². The van der Waals surface area contributed by atoms with Gasteiger partial charge in [-0.2, -0.15) is 5.10 Å². The molecule has 1 saturated heterocycles. The van der Waals surface area contributed by atoms with E-state index < -0.39 is 31.0 Å². The number of imidazole rings is 1. The van der Waals surface area contributed by atoms with E-state index in [4.69, 9.17) is 9.26 Å². The second-order valence-corrected chi connectivity index (χ2v) is 10.6. The third-order valence-corrected chi connectivity index (χ3v) is 6.88. The van der Waals surface area contributed by atoms with E-state index in [9.17, 15) is 27.2 Å². The van der Waals surface area contributed by atoms with Crippen LogP contribution in [0.4, 0.5) is 22.4 Å². The average Bonchev–Trinajstić information content (AvgIpc) is 3.56. The molecule has 0 spiro atoms. The Morgan fingerprint density at radius 3 is 2.50 bits per heavy atom. The van der Waals surface area contributed by atoms with Gasteiger partial charge in [0, 0.05) is 26.5 Å². The van der Waals surface area contributed by atoms with E-state index in [1.165, 1.54) is 29.8 Å². The molecule has 1 aliphatic heterocycles. The van der Waals surface area contributed by atoms with Crippen molar-refractivity contribution in [1.82, 2.24) is 35.3 Å². The highest BCUT2D eigenvalue weighted by molar-refractivity contribution is 5.94. The number of fused-ring (bicyclic) bond motifs is 1. The fraction of sp³-hybridized carbons (Fsp3) is 0.593. The van der Waals surface area contributed by atoms with Crippen molar-refractivity contribution in [1.29, 1.82) is 0 Å². The van der Waals surface area contributed by atoms with Gasteiger partial charge in [-0.15, -0.1) is 0 Å². The molecule has 2 aliphatic carbocycles. The number of alkyl halides is 4. The normalized spacial score (nSPS) is 19.2. The molecular formula is C27H35F4N7O4. The predicted octanol–water partition coefficient (Wildman–Crippen LogP) is 4.50. The molecule has 2 saturated carbocycles. The van der Waals surface area contributed by atoms with Gasteiger partial charge in [0.15, 0.2) is 5.65 Å². The first-order chi connectivity index (χ1) is 19.9. The highest BCUT2D eigenvalue weighted by Gasteiger charge is 2.38. The maximum atomic E-state index is 13.5. The van der Waals surface area contributed by atoms with Gasteiger partial charge in [0.25, 0.3) is 11.8 Å². The third-order valence-electron chi connectivity index (χ3n) is 6.88. The molecule has 15 heteroatoms. The van der Waals surface area contributed by atoms with Crippen LogP contribution in [-0.4, -0.2) is 74.7 Å². The van der Waals surface area contributed by atoms with Gasteiger partial charge < -0.3 is 24.8 Å². The SMILES string of the molecule is COC1CC1.Cc1nocc1C(=O)NCc1cn2ncc(CN3CC(F)(F)CNC3=O)cc2n1.FC1(F)CCCCC1. The first-order valence-corrected chi connectivity index (χ1v) is 13.8. The number of carbonyl (C=O) groups is 2. The first kappa shape index (κ1) is 31.2. The van der Waals surface area contributed by atoms with Crippen LogP contribution >= 0.6 is 0 Å². The fourth-order valence-electron chi connectivity index (χ4n) is 4.36. The monoisotopic (exact) mass is 597 g/mol. The van der Waals surface area contributed by atoms with Crippen LogP contribution in [-0.2, 0) is 17.8 Å². The van der Waals surface area contributed by atoms with Crippen LogP contribution in [0.5, 0.6) is 0 Å². The fourth-order valence-corrected chi connectivity index (χ4v) is 4.36. The van der Waals surface area contributed by atoms with Crippen molar-refractivity contribution in [2.75, 3.05) is 20.2 Å². The number of rotatable bonds is 6. The zero-order valence-corrected chi connectivity index (χ0v) is 23.5. The van der Waals surface area contributed by atoms with Crippen molar-refractivity contribution in [3.63, 3.8) is 0 Å². The molecule has 4 heterocycles. The van der Waals surface area contributed by atoms with Gasteiger partial charge in [0.1, 0.15) is 11.8 Å². The maximum absolute atomic E-state index is 13.5.